The van der Waals surface area contributed by atoms with Gasteiger partial charge in [0.15, 0.2) is 6.61 Å². The Labute approximate surface area is 176 Å². The van der Waals surface area contributed by atoms with Gasteiger partial charge in [-0.1, -0.05) is 12.5 Å². The zero-order valence-electron chi connectivity index (χ0n) is 17.2. The molecule has 0 bridgehead atoms. The molecule has 0 atom stereocenters. The molecule has 2 saturated heterocycles. The highest BCUT2D eigenvalue weighted by atomic mass is 16.5. The first-order valence-electron chi connectivity index (χ1n) is 10.6. The van der Waals surface area contributed by atoms with Crippen LogP contribution in [0, 0.1) is 0 Å². The maximum atomic E-state index is 12.5. The molecular formula is C22H28N4O4. The maximum absolute atomic E-state index is 12.5. The molecule has 0 radical (unpaired) electrons. The van der Waals surface area contributed by atoms with E-state index in [0.717, 1.165) is 32.0 Å². The van der Waals surface area contributed by atoms with Gasteiger partial charge in [0.25, 0.3) is 5.91 Å². The third-order valence-corrected chi connectivity index (χ3v) is 5.64. The topological polar surface area (TPSA) is 79.1 Å². The van der Waals surface area contributed by atoms with Crippen LogP contribution < -0.4 is 15.1 Å². The quantitative estimate of drug-likeness (QED) is 0.715. The summed E-state index contributed by atoms with van der Waals surface area (Å²) in [6.45, 7) is 5.17. The number of hydrogen-bond donors (Lipinski definition) is 0. The van der Waals surface area contributed by atoms with Crippen LogP contribution in [0.2, 0.25) is 0 Å². The Morgan fingerprint density at radius 3 is 2.57 bits per heavy atom. The molecule has 2 aromatic heterocycles. The van der Waals surface area contributed by atoms with Crippen molar-refractivity contribution in [2.75, 3.05) is 50.8 Å². The first kappa shape index (κ1) is 20.4. The number of rotatable bonds is 6. The summed E-state index contributed by atoms with van der Waals surface area (Å²) in [6, 6.07) is 7.28. The highest BCUT2D eigenvalue weighted by molar-refractivity contribution is 5.78. The smallest absolute Gasteiger partial charge is 0.260 e. The molecule has 0 N–H and O–H groups in total. The maximum Gasteiger partial charge on any atom is 0.260 e. The highest BCUT2D eigenvalue weighted by Crippen LogP contribution is 2.15. The van der Waals surface area contributed by atoms with Gasteiger partial charge in [-0.2, -0.15) is 0 Å². The number of piperazine rings is 1. The number of hydrogen-bond acceptors (Lipinski definition) is 7. The van der Waals surface area contributed by atoms with Gasteiger partial charge in [0.05, 0.1) is 6.54 Å². The predicted octanol–water partition coefficient (Wildman–Crippen LogP) is 1.75. The SMILES string of the molecule is O=C(COc1coc(CN2CCCCC2)cc1=O)N1CCN(c2ccccn2)CC1. The predicted molar refractivity (Wildman–Crippen MR) is 113 cm³/mol. The second kappa shape index (κ2) is 9.75. The molecule has 0 spiro atoms. The van der Waals surface area contributed by atoms with Gasteiger partial charge < -0.3 is 19.0 Å². The van der Waals surface area contributed by atoms with Crippen molar-refractivity contribution in [1.82, 2.24) is 14.8 Å². The highest BCUT2D eigenvalue weighted by Gasteiger charge is 2.22. The molecule has 0 aliphatic carbocycles. The standard InChI is InChI=1S/C22H28N4O4/c27-19-14-18(15-24-8-4-1-5-9-24)29-16-20(19)30-17-22(28)26-12-10-25(11-13-26)21-6-2-3-7-23-21/h2-3,6-7,14,16H,1,4-5,8-13,15,17H2. The van der Waals surface area contributed by atoms with Crippen LogP contribution in [0.25, 0.3) is 0 Å². The summed E-state index contributed by atoms with van der Waals surface area (Å²) in [5.74, 6) is 1.50. The van der Waals surface area contributed by atoms with E-state index in [4.69, 9.17) is 9.15 Å². The first-order chi connectivity index (χ1) is 14.7. The number of carbonyl (C=O) groups excluding carboxylic acids is 1. The fraction of sp³-hybridized carbons (Fsp3) is 0.500. The molecule has 160 valence electrons. The van der Waals surface area contributed by atoms with Crippen molar-refractivity contribution < 1.29 is 13.9 Å². The summed E-state index contributed by atoms with van der Waals surface area (Å²) in [4.78, 5) is 35.4. The van der Waals surface area contributed by atoms with E-state index in [0.29, 0.717) is 25.4 Å². The van der Waals surface area contributed by atoms with Crippen LogP contribution >= 0.6 is 0 Å². The van der Waals surface area contributed by atoms with Crippen molar-refractivity contribution >= 4 is 11.7 Å². The molecule has 8 heteroatoms. The summed E-state index contributed by atoms with van der Waals surface area (Å²) >= 11 is 0. The number of amides is 1. The zero-order valence-corrected chi connectivity index (χ0v) is 17.2. The molecule has 2 aromatic rings. The Bertz CT molecular complexity index is 888. The number of piperidine rings is 1. The minimum atomic E-state index is -0.249. The molecule has 2 aliphatic heterocycles. The number of likely N-dealkylation sites (tertiary alicyclic amines) is 1. The Morgan fingerprint density at radius 1 is 1.07 bits per heavy atom. The van der Waals surface area contributed by atoms with Crippen LogP contribution in [0.15, 0.2) is 45.9 Å². The minimum Gasteiger partial charge on any atom is -0.477 e. The van der Waals surface area contributed by atoms with Crippen LogP contribution in [0.4, 0.5) is 5.82 Å². The minimum absolute atomic E-state index is 0.0814. The zero-order chi connectivity index (χ0) is 20.8. The van der Waals surface area contributed by atoms with E-state index in [1.54, 1.807) is 11.1 Å². The first-order valence-corrected chi connectivity index (χ1v) is 10.6. The molecule has 2 fully saturated rings. The molecule has 0 saturated carbocycles. The van der Waals surface area contributed by atoms with E-state index < -0.39 is 0 Å². The summed E-state index contributed by atoms with van der Waals surface area (Å²) in [5.41, 5.74) is -0.249. The molecule has 30 heavy (non-hydrogen) atoms. The van der Waals surface area contributed by atoms with Crippen LogP contribution in [-0.4, -0.2) is 66.6 Å². The van der Waals surface area contributed by atoms with Gasteiger partial charge in [0.1, 0.15) is 17.8 Å². The van der Waals surface area contributed by atoms with Crippen molar-refractivity contribution in [3.8, 4) is 5.75 Å². The van der Waals surface area contributed by atoms with Crippen molar-refractivity contribution in [1.29, 1.82) is 0 Å². The molecular weight excluding hydrogens is 384 g/mol. The third-order valence-electron chi connectivity index (χ3n) is 5.64. The van der Waals surface area contributed by atoms with Crippen molar-refractivity contribution in [2.24, 2.45) is 0 Å². The van der Waals surface area contributed by atoms with Crippen molar-refractivity contribution in [2.45, 2.75) is 25.8 Å². The van der Waals surface area contributed by atoms with E-state index in [9.17, 15) is 9.59 Å². The number of aromatic nitrogens is 1. The van der Waals surface area contributed by atoms with E-state index in [-0.39, 0.29) is 23.7 Å². The fourth-order valence-corrected chi connectivity index (χ4v) is 3.92. The lowest BCUT2D eigenvalue weighted by Gasteiger charge is -2.35. The number of nitrogens with zero attached hydrogens (tertiary/aromatic N) is 4. The van der Waals surface area contributed by atoms with Gasteiger partial charge >= 0.3 is 0 Å². The van der Waals surface area contributed by atoms with E-state index in [1.165, 1.54) is 31.6 Å². The molecule has 2 aliphatic rings. The Hall–Kier alpha value is -2.87. The lowest BCUT2D eigenvalue weighted by molar-refractivity contribution is -0.133. The Balaban J connectivity index is 1.25. The van der Waals surface area contributed by atoms with E-state index in [2.05, 4.69) is 14.8 Å². The van der Waals surface area contributed by atoms with Gasteiger partial charge in [-0.15, -0.1) is 0 Å². The molecule has 4 rings (SSSR count). The normalized spacial score (nSPS) is 17.7. The molecule has 8 nitrogen and oxygen atoms in total. The number of anilines is 1. The summed E-state index contributed by atoms with van der Waals surface area (Å²) < 4.78 is 11.0. The van der Waals surface area contributed by atoms with Crippen LogP contribution in [0.3, 0.4) is 0 Å². The van der Waals surface area contributed by atoms with Gasteiger partial charge in [-0.25, -0.2) is 4.98 Å². The van der Waals surface area contributed by atoms with Gasteiger partial charge in [-0.05, 0) is 38.1 Å². The Kier molecular flexibility index (Phi) is 6.63. The van der Waals surface area contributed by atoms with Crippen molar-refractivity contribution in [3.05, 3.63) is 52.7 Å². The van der Waals surface area contributed by atoms with Gasteiger partial charge in [-0.3, -0.25) is 14.5 Å². The van der Waals surface area contributed by atoms with Gasteiger partial charge in [0, 0.05) is 38.4 Å². The molecule has 1 amide bonds. The van der Waals surface area contributed by atoms with Crippen molar-refractivity contribution in [3.63, 3.8) is 0 Å². The number of pyridine rings is 1. The molecule has 0 unspecified atom stereocenters. The molecule has 0 aromatic carbocycles. The van der Waals surface area contributed by atoms with Crippen LogP contribution in [0.1, 0.15) is 25.0 Å². The fourth-order valence-electron chi connectivity index (χ4n) is 3.92. The van der Waals surface area contributed by atoms with Crippen LogP contribution in [-0.2, 0) is 11.3 Å². The lowest BCUT2D eigenvalue weighted by Crippen LogP contribution is -2.50. The summed E-state index contributed by atoms with van der Waals surface area (Å²) in [7, 11) is 0. The van der Waals surface area contributed by atoms with Crippen LogP contribution in [0.5, 0.6) is 5.75 Å². The third kappa shape index (κ3) is 5.18. The summed E-state index contributed by atoms with van der Waals surface area (Å²) in [6.07, 6.45) is 6.73. The van der Waals surface area contributed by atoms with E-state index in [1.807, 2.05) is 18.2 Å². The number of ether oxygens (including phenoxy) is 1. The largest absolute Gasteiger partial charge is 0.477 e. The average molecular weight is 412 g/mol. The molecule has 4 heterocycles. The number of carbonyl (C=O) groups is 1. The average Bonchev–Trinajstić information content (AvgIpc) is 2.80. The monoisotopic (exact) mass is 412 g/mol. The van der Waals surface area contributed by atoms with Gasteiger partial charge in [0.2, 0.25) is 11.2 Å². The summed E-state index contributed by atoms with van der Waals surface area (Å²) in [5, 5.41) is 0. The second-order valence-corrected chi connectivity index (χ2v) is 7.76. The Morgan fingerprint density at radius 2 is 1.87 bits per heavy atom. The lowest BCUT2D eigenvalue weighted by atomic mass is 10.1. The second-order valence-electron chi connectivity index (χ2n) is 7.76. The van der Waals surface area contributed by atoms with E-state index >= 15 is 0 Å².